The third-order valence-corrected chi connectivity index (χ3v) is 4.26. The SMILES string of the molecule is CC(C)Oc1ccc(C(CC(=O)Nc2nccs2)C(C)C)cc1. The molecule has 0 aliphatic heterocycles. The number of amides is 1. The molecule has 0 radical (unpaired) electrons. The molecule has 1 aromatic heterocycles. The van der Waals surface area contributed by atoms with Crippen molar-refractivity contribution in [1.29, 1.82) is 0 Å². The summed E-state index contributed by atoms with van der Waals surface area (Å²) < 4.78 is 5.67. The molecule has 2 aromatic rings. The fraction of sp³-hybridized carbons (Fsp3) is 0.444. The van der Waals surface area contributed by atoms with E-state index in [1.807, 2.05) is 31.4 Å². The van der Waals surface area contributed by atoms with Gasteiger partial charge in [-0.05, 0) is 43.4 Å². The lowest BCUT2D eigenvalue weighted by Gasteiger charge is -2.21. The molecule has 0 saturated carbocycles. The highest BCUT2D eigenvalue weighted by atomic mass is 32.1. The van der Waals surface area contributed by atoms with Crippen molar-refractivity contribution in [3.05, 3.63) is 41.4 Å². The van der Waals surface area contributed by atoms with E-state index in [4.69, 9.17) is 4.74 Å². The summed E-state index contributed by atoms with van der Waals surface area (Å²) in [6.07, 6.45) is 2.29. The normalized spacial score (nSPS) is 12.4. The maximum atomic E-state index is 12.2. The summed E-state index contributed by atoms with van der Waals surface area (Å²) in [5.41, 5.74) is 1.16. The molecule has 1 N–H and O–H groups in total. The van der Waals surface area contributed by atoms with Crippen LogP contribution in [0.4, 0.5) is 5.13 Å². The summed E-state index contributed by atoms with van der Waals surface area (Å²) >= 11 is 1.43. The average Bonchev–Trinajstić information content (AvgIpc) is 2.98. The van der Waals surface area contributed by atoms with Gasteiger partial charge in [0.05, 0.1) is 6.10 Å². The number of aromatic nitrogens is 1. The Balaban J connectivity index is 2.04. The number of nitrogens with zero attached hydrogens (tertiary/aromatic N) is 1. The van der Waals surface area contributed by atoms with Crippen LogP contribution in [-0.2, 0) is 4.79 Å². The minimum atomic E-state index is 0.00107. The van der Waals surface area contributed by atoms with E-state index >= 15 is 0 Å². The van der Waals surface area contributed by atoms with Crippen LogP contribution in [0.3, 0.4) is 0 Å². The Morgan fingerprint density at radius 3 is 2.43 bits per heavy atom. The number of carbonyl (C=O) groups excluding carboxylic acids is 1. The van der Waals surface area contributed by atoms with Crippen LogP contribution in [0.2, 0.25) is 0 Å². The monoisotopic (exact) mass is 332 g/mol. The number of hydrogen-bond acceptors (Lipinski definition) is 4. The van der Waals surface area contributed by atoms with Crippen molar-refractivity contribution >= 4 is 22.4 Å². The van der Waals surface area contributed by atoms with E-state index in [9.17, 15) is 4.79 Å². The first-order valence-corrected chi connectivity index (χ1v) is 8.79. The fourth-order valence-corrected chi connectivity index (χ4v) is 3.00. The van der Waals surface area contributed by atoms with Crippen molar-refractivity contribution in [1.82, 2.24) is 4.98 Å². The maximum absolute atomic E-state index is 12.2. The van der Waals surface area contributed by atoms with Gasteiger partial charge in [0, 0.05) is 18.0 Å². The van der Waals surface area contributed by atoms with Gasteiger partial charge in [-0.15, -0.1) is 11.3 Å². The molecule has 0 spiro atoms. The molecule has 23 heavy (non-hydrogen) atoms. The molecule has 2 rings (SSSR count). The first-order chi connectivity index (χ1) is 11.0. The molecule has 1 heterocycles. The Morgan fingerprint density at radius 1 is 1.22 bits per heavy atom. The van der Waals surface area contributed by atoms with E-state index in [-0.39, 0.29) is 17.9 Å². The van der Waals surface area contributed by atoms with Crippen LogP contribution >= 0.6 is 11.3 Å². The number of ether oxygens (including phenoxy) is 1. The molecule has 0 bridgehead atoms. The Morgan fingerprint density at radius 2 is 1.91 bits per heavy atom. The second-order valence-electron chi connectivity index (χ2n) is 6.18. The van der Waals surface area contributed by atoms with Gasteiger partial charge in [0.1, 0.15) is 5.75 Å². The third-order valence-electron chi connectivity index (χ3n) is 3.57. The number of hydrogen-bond donors (Lipinski definition) is 1. The number of carbonyl (C=O) groups is 1. The molecular formula is C18H24N2O2S. The molecule has 0 fully saturated rings. The summed E-state index contributed by atoms with van der Waals surface area (Å²) in [6, 6.07) is 8.06. The molecule has 0 saturated heterocycles. The second-order valence-corrected chi connectivity index (χ2v) is 7.07. The molecule has 1 unspecified atom stereocenters. The summed E-state index contributed by atoms with van der Waals surface area (Å²) in [6.45, 7) is 8.29. The van der Waals surface area contributed by atoms with Crippen molar-refractivity contribution in [2.24, 2.45) is 5.92 Å². The Bertz CT molecular complexity index is 606. The van der Waals surface area contributed by atoms with Gasteiger partial charge in [0.25, 0.3) is 0 Å². The lowest BCUT2D eigenvalue weighted by Crippen LogP contribution is -2.18. The van der Waals surface area contributed by atoms with Gasteiger partial charge in [-0.3, -0.25) is 4.79 Å². The maximum Gasteiger partial charge on any atom is 0.226 e. The van der Waals surface area contributed by atoms with Gasteiger partial charge in [0.15, 0.2) is 5.13 Å². The first kappa shape index (κ1) is 17.5. The van der Waals surface area contributed by atoms with Gasteiger partial charge >= 0.3 is 0 Å². The van der Waals surface area contributed by atoms with Gasteiger partial charge in [0.2, 0.25) is 5.91 Å². The van der Waals surface area contributed by atoms with E-state index in [1.165, 1.54) is 11.3 Å². The van der Waals surface area contributed by atoms with Crippen LogP contribution in [0, 0.1) is 5.92 Å². The van der Waals surface area contributed by atoms with Crippen molar-refractivity contribution in [3.63, 3.8) is 0 Å². The molecule has 0 aliphatic rings. The average molecular weight is 332 g/mol. The fourth-order valence-electron chi connectivity index (χ4n) is 2.46. The Hall–Kier alpha value is -1.88. The highest BCUT2D eigenvalue weighted by molar-refractivity contribution is 7.13. The topological polar surface area (TPSA) is 51.2 Å². The van der Waals surface area contributed by atoms with E-state index in [0.717, 1.165) is 11.3 Å². The van der Waals surface area contributed by atoms with Crippen LogP contribution in [0.15, 0.2) is 35.8 Å². The zero-order valence-corrected chi connectivity index (χ0v) is 14.9. The largest absolute Gasteiger partial charge is 0.491 e. The van der Waals surface area contributed by atoms with E-state index < -0.39 is 0 Å². The quantitative estimate of drug-likeness (QED) is 0.799. The number of anilines is 1. The Labute approximate surface area is 141 Å². The standard InChI is InChI=1S/C18H24N2O2S/c1-12(2)16(11-17(21)20-18-19-9-10-23-18)14-5-7-15(8-6-14)22-13(3)4/h5-10,12-13,16H,11H2,1-4H3,(H,19,20,21). The molecule has 5 heteroatoms. The highest BCUT2D eigenvalue weighted by Crippen LogP contribution is 2.30. The predicted octanol–water partition coefficient (Wildman–Crippen LogP) is 4.70. The number of thiazole rings is 1. The smallest absolute Gasteiger partial charge is 0.226 e. The number of rotatable bonds is 7. The molecule has 1 amide bonds. The zero-order valence-electron chi connectivity index (χ0n) is 14.1. The predicted molar refractivity (Wildman–Crippen MR) is 95.1 cm³/mol. The van der Waals surface area contributed by atoms with Crippen LogP contribution in [-0.4, -0.2) is 17.0 Å². The third kappa shape index (κ3) is 5.36. The van der Waals surface area contributed by atoms with Gasteiger partial charge in [-0.2, -0.15) is 0 Å². The summed E-state index contributed by atoms with van der Waals surface area (Å²) in [7, 11) is 0. The van der Waals surface area contributed by atoms with Crippen LogP contribution in [0.25, 0.3) is 0 Å². The Kier molecular flexibility index (Phi) is 6.16. The minimum absolute atomic E-state index is 0.00107. The molecule has 4 nitrogen and oxygen atoms in total. The second kappa shape index (κ2) is 8.11. The van der Waals surface area contributed by atoms with Crippen molar-refractivity contribution < 1.29 is 9.53 Å². The van der Waals surface area contributed by atoms with Crippen LogP contribution in [0.1, 0.15) is 45.6 Å². The minimum Gasteiger partial charge on any atom is -0.491 e. The van der Waals surface area contributed by atoms with E-state index in [0.29, 0.717) is 17.5 Å². The lowest BCUT2D eigenvalue weighted by atomic mass is 9.85. The lowest BCUT2D eigenvalue weighted by molar-refractivity contribution is -0.116. The van der Waals surface area contributed by atoms with Gasteiger partial charge < -0.3 is 10.1 Å². The highest BCUT2D eigenvalue weighted by Gasteiger charge is 2.20. The van der Waals surface area contributed by atoms with Crippen LogP contribution < -0.4 is 10.1 Å². The molecule has 0 aliphatic carbocycles. The zero-order chi connectivity index (χ0) is 16.8. The molecule has 1 atom stereocenters. The van der Waals surface area contributed by atoms with Crippen LogP contribution in [0.5, 0.6) is 5.75 Å². The number of nitrogens with one attached hydrogen (secondary N) is 1. The van der Waals surface area contributed by atoms with E-state index in [2.05, 4.69) is 36.3 Å². The van der Waals surface area contributed by atoms with E-state index in [1.54, 1.807) is 6.20 Å². The number of benzene rings is 1. The summed E-state index contributed by atoms with van der Waals surface area (Å²) in [4.78, 5) is 16.3. The van der Waals surface area contributed by atoms with Crippen molar-refractivity contribution in [2.45, 2.75) is 46.1 Å². The molecule has 1 aromatic carbocycles. The van der Waals surface area contributed by atoms with Crippen molar-refractivity contribution in [2.75, 3.05) is 5.32 Å². The van der Waals surface area contributed by atoms with Gasteiger partial charge in [-0.1, -0.05) is 26.0 Å². The summed E-state index contributed by atoms with van der Waals surface area (Å²) in [5, 5.41) is 5.36. The summed E-state index contributed by atoms with van der Waals surface area (Å²) in [5.74, 6) is 1.40. The molecular weight excluding hydrogens is 308 g/mol. The van der Waals surface area contributed by atoms with Crippen molar-refractivity contribution in [3.8, 4) is 5.75 Å². The van der Waals surface area contributed by atoms with Gasteiger partial charge in [-0.25, -0.2) is 4.98 Å². The molecule has 124 valence electrons. The first-order valence-electron chi connectivity index (χ1n) is 7.91.